The molecule has 0 fully saturated rings. The second kappa shape index (κ2) is 31.5. The lowest BCUT2D eigenvalue weighted by Gasteiger charge is -1.98. The van der Waals surface area contributed by atoms with Crippen LogP contribution in [0.5, 0.6) is 0 Å². The van der Waals surface area contributed by atoms with Gasteiger partial charge in [-0.25, -0.2) is 15.0 Å². The average Bonchev–Trinajstić information content (AvgIpc) is 3.00. The number of aliphatic carboxylic acids is 3. The predicted molar refractivity (Wildman–Crippen MR) is 188 cm³/mol. The Morgan fingerprint density at radius 2 is 1.05 bits per heavy atom. The zero-order valence-electron chi connectivity index (χ0n) is 22.7. The van der Waals surface area contributed by atoms with Gasteiger partial charge in [0.05, 0.1) is 0 Å². The lowest BCUT2D eigenvalue weighted by molar-refractivity contribution is -0.138. The van der Waals surface area contributed by atoms with Crippen LogP contribution < -0.4 is 0 Å². The number of hydrogen-bond acceptors (Lipinski definition) is 11. The molecule has 0 aliphatic carbocycles. The topological polar surface area (TPSA) is 151 Å². The molecule has 3 rings (SSSR count). The smallest absolute Gasteiger partial charge is 0.303 e. The lowest BCUT2D eigenvalue weighted by Crippen LogP contribution is -1.94. The summed E-state index contributed by atoms with van der Waals surface area (Å²) in [6.07, 6.45) is 8.18. The van der Waals surface area contributed by atoms with Gasteiger partial charge in [0.25, 0.3) is 0 Å². The second-order valence-electron chi connectivity index (χ2n) is 7.48. The van der Waals surface area contributed by atoms with Gasteiger partial charge in [-0.2, -0.15) is 12.6 Å². The molecule has 3 N–H and O–H groups in total. The number of rotatable bonds is 15. The molecule has 0 unspecified atom stereocenters. The van der Waals surface area contributed by atoms with E-state index in [2.05, 4.69) is 43.5 Å². The third kappa shape index (κ3) is 31.3. The Hall–Kier alpha value is -1.91. The minimum atomic E-state index is -0.742. The normalized spacial score (nSPS) is 9.35. The lowest BCUT2D eigenvalue weighted by atomic mass is 10.3. The van der Waals surface area contributed by atoms with Crippen LogP contribution in [0.4, 0.5) is 0 Å². The van der Waals surface area contributed by atoms with E-state index in [1.54, 1.807) is 61.8 Å². The summed E-state index contributed by atoms with van der Waals surface area (Å²) in [6, 6.07) is 17.5. The molecule has 3 aromatic heterocycles. The van der Waals surface area contributed by atoms with E-state index in [0.717, 1.165) is 32.6 Å². The third-order valence-electron chi connectivity index (χ3n) is 3.96. The van der Waals surface area contributed by atoms with Crippen molar-refractivity contribution in [3.8, 4) is 0 Å². The van der Waals surface area contributed by atoms with Gasteiger partial charge >= 0.3 is 17.9 Å². The zero-order chi connectivity index (χ0) is 31.3. The van der Waals surface area contributed by atoms with E-state index < -0.39 is 17.9 Å². The van der Waals surface area contributed by atoms with Gasteiger partial charge in [0.2, 0.25) is 0 Å². The quantitative estimate of drug-likeness (QED) is 0.0508. The largest absolute Gasteiger partial charge is 0.481 e. The van der Waals surface area contributed by atoms with Gasteiger partial charge in [-0.3, -0.25) is 14.4 Å². The molecule has 0 atom stereocenters. The summed E-state index contributed by atoms with van der Waals surface area (Å²) >= 11 is 6.95. The van der Waals surface area contributed by atoms with Gasteiger partial charge in [-0.05, 0) is 93.8 Å². The molecule has 0 saturated carbocycles. The van der Waals surface area contributed by atoms with Crippen molar-refractivity contribution in [1.82, 2.24) is 15.0 Å². The van der Waals surface area contributed by atoms with E-state index in [0.29, 0.717) is 18.6 Å². The van der Waals surface area contributed by atoms with Crippen molar-refractivity contribution in [3.63, 3.8) is 0 Å². The van der Waals surface area contributed by atoms with Gasteiger partial charge < -0.3 is 15.3 Å². The number of hydrogen-bond donors (Lipinski definition) is 4. The molecule has 3 aromatic rings. The third-order valence-corrected chi connectivity index (χ3v) is 9.37. The molecule has 0 saturated heterocycles. The first-order valence-electron chi connectivity index (χ1n) is 12.5. The number of aromatic nitrogens is 3. The molecule has 0 radical (unpaired) electrons. The van der Waals surface area contributed by atoms with Gasteiger partial charge in [-0.1, -0.05) is 52.3 Å². The summed E-state index contributed by atoms with van der Waals surface area (Å²) in [5.74, 6) is -0.693. The maximum atomic E-state index is 10.2. The van der Waals surface area contributed by atoms with E-state index in [-0.39, 0.29) is 26.7 Å². The standard InChI is InChI=1S/C10H8N2S2.C9H11NO2S2.C4H7BrO2.C4H8O2S.CH4/c1-3-7-11-9(5-1)13-14-10-6-2-4-8-12-10;11-9(12)5-3-7-13-14-8-4-1-2-6-10-8;5-3-1-2-4(6)7;5-4(6)2-1-3-7;/h1-8H;1-2,4,6H,3,5,7H2,(H,11,12);1-3H2,(H,6,7);7H,1-3H2,(H,5,6);1H4. The number of thiol groups is 1. The van der Waals surface area contributed by atoms with Crippen molar-refractivity contribution in [2.24, 2.45) is 0 Å². The molecule has 0 bridgehead atoms. The number of pyridine rings is 3. The number of carboxylic acid groups (broad SMARTS) is 3. The first kappa shape index (κ1) is 43.2. The fraction of sp³-hybridized carbons (Fsp3) is 0.357. The molecule has 9 nitrogen and oxygen atoms in total. The minimum absolute atomic E-state index is 0. The highest BCUT2D eigenvalue weighted by Crippen LogP contribution is 2.34. The highest BCUT2D eigenvalue weighted by molar-refractivity contribution is 9.09. The summed E-state index contributed by atoms with van der Waals surface area (Å²) in [5, 5.41) is 28.2. The average molecular weight is 753 g/mol. The maximum absolute atomic E-state index is 10.2. The highest BCUT2D eigenvalue weighted by atomic mass is 79.9. The van der Waals surface area contributed by atoms with Crippen LogP contribution in [0.15, 0.2) is 88.3 Å². The Balaban J connectivity index is 0. The van der Waals surface area contributed by atoms with Crippen LogP contribution >= 0.6 is 71.7 Å². The molecular weight excluding hydrogens is 715 g/mol. The van der Waals surface area contributed by atoms with E-state index in [9.17, 15) is 14.4 Å². The fourth-order valence-corrected chi connectivity index (χ4v) is 6.26. The summed E-state index contributed by atoms with van der Waals surface area (Å²) in [7, 11) is 6.46. The molecule has 0 aliphatic rings. The van der Waals surface area contributed by atoms with Crippen molar-refractivity contribution in [3.05, 3.63) is 73.2 Å². The van der Waals surface area contributed by atoms with Crippen LogP contribution in [-0.4, -0.2) is 65.0 Å². The Morgan fingerprint density at radius 3 is 1.35 bits per heavy atom. The van der Waals surface area contributed by atoms with E-state index >= 15 is 0 Å². The summed E-state index contributed by atoms with van der Waals surface area (Å²) in [4.78, 5) is 42.2. The van der Waals surface area contributed by atoms with Crippen molar-refractivity contribution < 1.29 is 29.7 Å². The van der Waals surface area contributed by atoms with E-state index in [1.807, 2.05) is 54.6 Å². The van der Waals surface area contributed by atoms with Crippen LogP contribution in [0.3, 0.4) is 0 Å². The monoisotopic (exact) mass is 751 g/mol. The summed E-state index contributed by atoms with van der Waals surface area (Å²) in [6.45, 7) is 0. The Morgan fingerprint density at radius 1 is 0.651 bits per heavy atom. The molecule has 15 heteroatoms. The van der Waals surface area contributed by atoms with Crippen molar-refractivity contribution in [2.45, 2.75) is 61.0 Å². The Bertz CT molecular complexity index is 1040. The number of halogens is 1. The summed E-state index contributed by atoms with van der Waals surface area (Å²) < 4.78 is 0. The van der Waals surface area contributed by atoms with Gasteiger partial charge in [0.15, 0.2) is 0 Å². The van der Waals surface area contributed by atoms with Gasteiger partial charge in [-0.15, -0.1) is 0 Å². The van der Waals surface area contributed by atoms with Crippen molar-refractivity contribution in [2.75, 3.05) is 16.8 Å². The van der Waals surface area contributed by atoms with Crippen molar-refractivity contribution in [1.29, 1.82) is 0 Å². The maximum Gasteiger partial charge on any atom is 0.303 e. The van der Waals surface area contributed by atoms with Crippen molar-refractivity contribution >= 4 is 89.6 Å². The predicted octanol–water partition coefficient (Wildman–Crippen LogP) is 8.63. The Labute approximate surface area is 283 Å². The Kier molecular flexibility index (Phi) is 31.7. The zero-order valence-corrected chi connectivity index (χ0v) is 28.4. The number of nitrogens with zero attached hydrogens (tertiary/aromatic N) is 3. The molecular formula is C28H38BrN3O6S5. The van der Waals surface area contributed by atoms with E-state index in [4.69, 9.17) is 15.3 Å². The number of alkyl halides is 1. The van der Waals surface area contributed by atoms with Gasteiger partial charge in [0, 0.05) is 48.9 Å². The number of carboxylic acids is 3. The second-order valence-corrected chi connectivity index (χ2v) is 13.3. The van der Waals surface area contributed by atoms with Crippen LogP contribution in [0.25, 0.3) is 0 Å². The highest BCUT2D eigenvalue weighted by Gasteiger charge is 1.99. The first-order valence-corrected chi connectivity index (χ1v) is 18.7. The van der Waals surface area contributed by atoms with Crippen LogP contribution in [0.1, 0.15) is 46.0 Å². The first-order chi connectivity index (χ1) is 20.3. The van der Waals surface area contributed by atoms with Gasteiger partial charge in [0.1, 0.15) is 15.1 Å². The molecule has 0 aliphatic heterocycles. The SMILES string of the molecule is C.O=C(O)CCCBr.O=C(O)CCCS.O=C(O)CCCSSc1ccccn1.c1ccc(SSc2ccccn2)nc1. The molecule has 0 aromatic carbocycles. The fourth-order valence-electron chi connectivity index (χ4n) is 2.11. The van der Waals surface area contributed by atoms with E-state index in [1.165, 1.54) is 0 Å². The molecule has 238 valence electrons. The number of carbonyl (C=O) groups is 3. The molecule has 0 spiro atoms. The molecule has 0 amide bonds. The van der Waals surface area contributed by atoms with Crippen LogP contribution in [-0.2, 0) is 14.4 Å². The van der Waals surface area contributed by atoms with Crippen LogP contribution in [0, 0.1) is 0 Å². The summed E-state index contributed by atoms with van der Waals surface area (Å²) in [5.41, 5.74) is 0. The molecule has 43 heavy (non-hydrogen) atoms. The minimum Gasteiger partial charge on any atom is -0.481 e. The van der Waals surface area contributed by atoms with Crippen LogP contribution in [0.2, 0.25) is 0 Å². The molecule has 3 heterocycles.